The zero-order valence-corrected chi connectivity index (χ0v) is 16.6. The van der Waals surface area contributed by atoms with Crippen LogP contribution in [0.15, 0.2) is 73.1 Å². The first-order valence-corrected chi connectivity index (χ1v) is 10.0. The van der Waals surface area contributed by atoms with Crippen molar-refractivity contribution in [3.63, 3.8) is 0 Å². The van der Waals surface area contributed by atoms with Crippen molar-refractivity contribution in [1.29, 1.82) is 0 Å². The molecule has 0 bridgehead atoms. The molecule has 3 aromatic rings. The average molecular weight is 387 g/mol. The molecule has 2 aromatic carbocycles. The minimum absolute atomic E-state index is 0.0219. The number of amides is 2. The van der Waals surface area contributed by atoms with E-state index >= 15 is 0 Å². The van der Waals surface area contributed by atoms with Crippen LogP contribution in [0, 0.1) is 6.92 Å². The first-order valence-electron chi connectivity index (χ1n) is 10.0. The molecule has 4 rings (SSSR count). The van der Waals surface area contributed by atoms with Gasteiger partial charge in [-0.05, 0) is 61.9 Å². The number of aromatic nitrogens is 1. The molecule has 5 heteroatoms. The quantitative estimate of drug-likeness (QED) is 0.687. The van der Waals surface area contributed by atoms with Gasteiger partial charge in [-0.15, -0.1) is 0 Å². The lowest BCUT2D eigenvalue weighted by atomic mass is 10.1. The lowest BCUT2D eigenvalue weighted by molar-refractivity contribution is 0.0719. The van der Waals surface area contributed by atoms with Crippen molar-refractivity contribution < 1.29 is 9.59 Å². The van der Waals surface area contributed by atoms with E-state index in [9.17, 15) is 9.59 Å². The fourth-order valence-electron chi connectivity index (χ4n) is 3.67. The Morgan fingerprint density at radius 2 is 1.17 bits per heavy atom. The highest BCUT2D eigenvalue weighted by Crippen LogP contribution is 2.15. The molecular weight excluding hydrogens is 362 g/mol. The van der Waals surface area contributed by atoms with E-state index in [1.807, 2.05) is 94.3 Å². The van der Waals surface area contributed by atoms with Gasteiger partial charge in [0.2, 0.25) is 0 Å². The molecule has 1 aromatic heterocycles. The summed E-state index contributed by atoms with van der Waals surface area (Å²) in [6.07, 6.45) is 4.74. The Hall–Kier alpha value is -3.34. The number of aryl methyl sites for hydroxylation is 1. The summed E-state index contributed by atoms with van der Waals surface area (Å²) in [5, 5.41) is 0. The fraction of sp³-hybridized carbons (Fsp3) is 0.250. The molecule has 0 saturated carbocycles. The summed E-state index contributed by atoms with van der Waals surface area (Å²) in [5.74, 6) is 0.0593. The molecule has 29 heavy (non-hydrogen) atoms. The molecule has 2 amide bonds. The third-order valence-electron chi connectivity index (χ3n) is 5.39. The Balaban J connectivity index is 1.40. The second-order valence-corrected chi connectivity index (χ2v) is 7.44. The Kier molecular flexibility index (Phi) is 5.47. The smallest absolute Gasteiger partial charge is 0.253 e. The first kappa shape index (κ1) is 19.0. The predicted molar refractivity (Wildman–Crippen MR) is 113 cm³/mol. The van der Waals surface area contributed by atoms with Crippen LogP contribution in [0.5, 0.6) is 0 Å². The molecular formula is C24H25N3O2. The van der Waals surface area contributed by atoms with Gasteiger partial charge in [-0.3, -0.25) is 9.59 Å². The Morgan fingerprint density at radius 1 is 0.690 bits per heavy atom. The molecule has 1 aliphatic heterocycles. The van der Waals surface area contributed by atoms with Crippen molar-refractivity contribution in [3.05, 3.63) is 89.7 Å². The standard InChI is InChI=1S/C24H25N3O2/c1-19-5-7-20(8-6-19)23(28)26-15-4-16-27(18-17-26)24(29)21-9-11-22(12-10-21)25-13-2-3-14-25/h2-3,5-14H,4,15-18H2,1H3. The van der Waals surface area contributed by atoms with Gasteiger partial charge in [-0.2, -0.15) is 0 Å². The van der Waals surface area contributed by atoms with Crippen LogP contribution < -0.4 is 0 Å². The van der Waals surface area contributed by atoms with E-state index in [0.717, 1.165) is 17.7 Å². The first-order chi connectivity index (χ1) is 14.1. The molecule has 1 aliphatic rings. The summed E-state index contributed by atoms with van der Waals surface area (Å²) in [4.78, 5) is 29.4. The van der Waals surface area contributed by atoms with Crippen molar-refractivity contribution in [1.82, 2.24) is 14.4 Å². The number of rotatable bonds is 3. The van der Waals surface area contributed by atoms with Crippen molar-refractivity contribution in [2.45, 2.75) is 13.3 Å². The van der Waals surface area contributed by atoms with E-state index in [2.05, 4.69) is 0 Å². The van der Waals surface area contributed by atoms with Crippen molar-refractivity contribution in [2.24, 2.45) is 0 Å². The van der Waals surface area contributed by atoms with Gasteiger partial charge in [0.15, 0.2) is 0 Å². The summed E-state index contributed by atoms with van der Waals surface area (Å²) in [6, 6.07) is 19.3. The molecule has 148 valence electrons. The van der Waals surface area contributed by atoms with E-state index < -0.39 is 0 Å². The van der Waals surface area contributed by atoms with Crippen LogP contribution in [0.3, 0.4) is 0 Å². The minimum atomic E-state index is 0.0219. The minimum Gasteiger partial charge on any atom is -0.337 e. The van der Waals surface area contributed by atoms with Gasteiger partial charge >= 0.3 is 0 Å². The zero-order valence-electron chi connectivity index (χ0n) is 16.6. The van der Waals surface area contributed by atoms with Gasteiger partial charge in [-0.25, -0.2) is 0 Å². The summed E-state index contributed by atoms with van der Waals surface area (Å²) in [7, 11) is 0. The normalized spacial score (nSPS) is 14.5. The number of nitrogens with zero attached hydrogens (tertiary/aromatic N) is 3. The van der Waals surface area contributed by atoms with Crippen LogP contribution in [0.4, 0.5) is 0 Å². The number of carbonyl (C=O) groups is 2. The Labute approximate surface area is 171 Å². The Morgan fingerprint density at radius 3 is 1.69 bits per heavy atom. The van der Waals surface area contributed by atoms with Gasteiger partial charge in [0, 0.05) is 55.4 Å². The molecule has 1 fully saturated rings. The second-order valence-electron chi connectivity index (χ2n) is 7.44. The number of hydrogen-bond acceptors (Lipinski definition) is 2. The molecule has 0 aliphatic carbocycles. The molecule has 0 atom stereocenters. The maximum Gasteiger partial charge on any atom is 0.253 e. The molecule has 0 unspecified atom stereocenters. The third kappa shape index (κ3) is 4.24. The van der Waals surface area contributed by atoms with Crippen LogP contribution in [0.1, 0.15) is 32.7 Å². The largest absolute Gasteiger partial charge is 0.337 e. The zero-order chi connectivity index (χ0) is 20.2. The van der Waals surface area contributed by atoms with Gasteiger partial charge < -0.3 is 14.4 Å². The van der Waals surface area contributed by atoms with Gasteiger partial charge in [0.25, 0.3) is 11.8 Å². The number of hydrogen-bond donors (Lipinski definition) is 0. The van der Waals surface area contributed by atoms with E-state index in [4.69, 9.17) is 0 Å². The lowest BCUT2D eigenvalue weighted by Crippen LogP contribution is -2.37. The summed E-state index contributed by atoms with van der Waals surface area (Å²) in [6.45, 7) is 4.45. The van der Waals surface area contributed by atoms with E-state index in [0.29, 0.717) is 37.3 Å². The van der Waals surface area contributed by atoms with E-state index in [1.54, 1.807) is 0 Å². The predicted octanol–water partition coefficient (Wildman–Crippen LogP) is 3.77. The van der Waals surface area contributed by atoms with Crippen LogP contribution in [-0.4, -0.2) is 52.4 Å². The average Bonchev–Trinajstić information content (AvgIpc) is 3.18. The summed E-state index contributed by atoms with van der Waals surface area (Å²) in [5.41, 5.74) is 3.55. The fourth-order valence-corrected chi connectivity index (χ4v) is 3.67. The molecule has 2 heterocycles. The maximum absolute atomic E-state index is 12.9. The van der Waals surface area contributed by atoms with Crippen molar-refractivity contribution in [3.8, 4) is 5.69 Å². The van der Waals surface area contributed by atoms with Crippen molar-refractivity contribution >= 4 is 11.8 Å². The molecule has 1 saturated heterocycles. The topological polar surface area (TPSA) is 45.6 Å². The lowest BCUT2D eigenvalue weighted by Gasteiger charge is -2.22. The SMILES string of the molecule is Cc1ccc(C(=O)N2CCCN(C(=O)c3ccc(-n4cccc4)cc3)CC2)cc1. The van der Waals surface area contributed by atoms with Gasteiger partial charge in [0.1, 0.15) is 0 Å². The highest BCUT2D eigenvalue weighted by atomic mass is 16.2. The summed E-state index contributed by atoms with van der Waals surface area (Å²) < 4.78 is 2.01. The third-order valence-corrected chi connectivity index (χ3v) is 5.39. The van der Waals surface area contributed by atoms with Crippen LogP contribution in [-0.2, 0) is 0 Å². The van der Waals surface area contributed by atoms with Gasteiger partial charge in [0.05, 0.1) is 0 Å². The van der Waals surface area contributed by atoms with Crippen LogP contribution in [0.2, 0.25) is 0 Å². The Bertz CT molecular complexity index is 976. The molecule has 0 spiro atoms. The summed E-state index contributed by atoms with van der Waals surface area (Å²) >= 11 is 0. The highest BCUT2D eigenvalue weighted by Gasteiger charge is 2.23. The van der Waals surface area contributed by atoms with Crippen LogP contribution >= 0.6 is 0 Å². The molecule has 0 radical (unpaired) electrons. The maximum atomic E-state index is 12.9. The van der Waals surface area contributed by atoms with Gasteiger partial charge in [-0.1, -0.05) is 17.7 Å². The number of benzene rings is 2. The van der Waals surface area contributed by atoms with E-state index in [1.165, 1.54) is 0 Å². The number of carbonyl (C=O) groups excluding carboxylic acids is 2. The second kappa shape index (κ2) is 8.35. The van der Waals surface area contributed by atoms with Crippen molar-refractivity contribution in [2.75, 3.05) is 26.2 Å². The molecule has 5 nitrogen and oxygen atoms in total. The highest BCUT2D eigenvalue weighted by molar-refractivity contribution is 5.95. The molecule has 0 N–H and O–H groups in total. The van der Waals surface area contributed by atoms with Crippen LogP contribution in [0.25, 0.3) is 5.69 Å². The van der Waals surface area contributed by atoms with E-state index in [-0.39, 0.29) is 11.8 Å². The monoisotopic (exact) mass is 387 g/mol.